The van der Waals surface area contributed by atoms with Gasteiger partial charge < -0.3 is 10.1 Å². The highest BCUT2D eigenvalue weighted by Crippen LogP contribution is 2.25. The monoisotopic (exact) mass is 279 g/mol. The van der Waals surface area contributed by atoms with Crippen molar-refractivity contribution in [2.75, 3.05) is 7.11 Å². The number of halogens is 1. The fourth-order valence-corrected chi connectivity index (χ4v) is 2.81. The maximum atomic E-state index is 14.0. The van der Waals surface area contributed by atoms with E-state index in [9.17, 15) is 4.39 Å². The van der Waals surface area contributed by atoms with Crippen molar-refractivity contribution in [3.8, 4) is 5.75 Å². The molecule has 1 heterocycles. The zero-order valence-electron chi connectivity index (χ0n) is 11.3. The first-order valence-electron chi connectivity index (χ1n) is 6.24. The minimum Gasteiger partial charge on any atom is -0.497 e. The first-order valence-corrected chi connectivity index (χ1v) is 7.12. The van der Waals surface area contributed by atoms with Crippen LogP contribution in [0.3, 0.4) is 0 Å². The van der Waals surface area contributed by atoms with Crippen LogP contribution in [0.15, 0.2) is 35.7 Å². The maximum Gasteiger partial charge on any atom is 0.131 e. The molecule has 2 aromatic rings. The Morgan fingerprint density at radius 2 is 2.00 bits per heavy atom. The van der Waals surface area contributed by atoms with Crippen LogP contribution in [0, 0.1) is 5.82 Å². The van der Waals surface area contributed by atoms with Gasteiger partial charge in [-0.2, -0.15) is 0 Å². The Morgan fingerprint density at radius 3 is 2.58 bits per heavy atom. The summed E-state index contributed by atoms with van der Waals surface area (Å²) in [5.41, 5.74) is 0.657. The van der Waals surface area contributed by atoms with Crippen molar-refractivity contribution >= 4 is 11.3 Å². The van der Waals surface area contributed by atoms with Gasteiger partial charge in [-0.15, -0.1) is 11.3 Å². The quantitative estimate of drug-likeness (QED) is 0.880. The van der Waals surface area contributed by atoms with E-state index >= 15 is 0 Å². The van der Waals surface area contributed by atoms with E-state index in [1.807, 2.05) is 18.4 Å². The summed E-state index contributed by atoms with van der Waals surface area (Å²) in [5, 5.41) is 5.45. The van der Waals surface area contributed by atoms with Gasteiger partial charge in [0, 0.05) is 28.6 Å². The Morgan fingerprint density at radius 1 is 1.21 bits per heavy atom. The molecule has 0 aliphatic rings. The number of ether oxygens (including phenoxy) is 1. The zero-order chi connectivity index (χ0) is 13.8. The number of methoxy groups -OCH3 is 1. The normalized spacial score (nSPS) is 14.1. The van der Waals surface area contributed by atoms with Crippen LogP contribution < -0.4 is 10.1 Å². The molecule has 2 atom stereocenters. The minimum atomic E-state index is -0.238. The molecule has 0 amide bonds. The van der Waals surface area contributed by atoms with Crippen molar-refractivity contribution in [2.24, 2.45) is 0 Å². The van der Waals surface area contributed by atoms with Crippen LogP contribution in [-0.2, 0) is 0 Å². The van der Waals surface area contributed by atoms with Crippen LogP contribution in [-0.4, -0.2) is 7.11 Å². The van der Waals surface area contributed by atoms with Gasteiger partial charge in [-0.1, -0.05) is 12.1 Å². The average molecular weight is 279 g/mol. The number of hydrogen-bond acceptors (Lipinski definition) is 3. The Labute approximate surface area is 117 Å². The third kappa shape index (κ3) is 3.33. The van der Waals surface area contributed by atoms with Crippen LogP contribution in [0.25, 0.3) is 0 Å². The molecule has 19 heavy (non-hydrogen) atoms. The maximum absolute atomic E-state index is 14.0. The molecule has 0 radical (unpaired) electrons. The van der Waals surface area contributed by atoms with Crippen molar-refractivity contribution in [3.63, 3.8) is 0 Å². The van der Waals surface area contributed by atoms with E-state index in [4.69, 9.17) is 4.74 Å². The first kappa shape index (κ1) is 14.0. The molecule has 2 unspecified atom stereocenters. The second kappa shape index (κ2) is 6.17. The summed E-state index contributed by atoms with van der Waals surface area (Å²) >= 11 is 1.70. The summed E-state index contributed by atoms with van der Waals surface area (Å²) in [5.74, 6) is 0.303. The van der Waals surface area contributed by atoms with E-state index < -0.39 is 0 Å². The van der Waals surface area contributed by atoms with Crippen molar-refractivity contribution in [1.82, 2.24) is 5.32 Å². The Hall–Kier alpha value is -1.39. The second-order valence-electron chi connectivity index (χ2n) is 4.51. The molecule has 102 valence electrons. The number of nitrogens with one attached hydrogen (secondary N) is 1. The standard InChI is InChI=1S/C15H18FNOS/c1-10(17-11(2)15-5-4-8-19-15)13-7-6-12(18-3)9-14(13)16/h4-11,17H,1-3H3. The molecule has 0 bridgehead atoms. The van der Waals surface area contributed by atoms with Crippen molar-refractivity contribution < 1.29 is 9.13 Å². The zero-order valence-corrected chi connectivity index (χ0v) is 12.1. The molecule has 1 N–H and O–H groups in total. The lowest BCUT2D eigenvalue weighted by atomic mass is 10.1. The van der Waals surface area contributed by atoms with E-state index in [0.717, 1.165) is 0 Å². The third-order valence-corrected chi connectivity index (χ3v) is 4.20. The Kier molecular flexibility index (Phi) is 4.56. The third-order valence-electron chi connectivity index (χ3n) is 3.14. The predicted octanol–water partition coefficient (Wildman–Crippen LogP) is 4.31. The van der Waals surface area contributed by atoms with Crippen molar-refractivity contribution in [3.05, 3.63) is 52.0 Å². The molecule has 1 aromatic carbocycles. The Balaban J connectivity index is 2.09. The fourth-order valence-electron chi connectivity index (χ4n) is 2.07. The van der Waals surface area contributed by atoms with Gasteiger partial charge in [-0.05, 0) is 31.4 Å². The number of rotatable bonds is 5. The SMILES string of the molecule is COc1ccc(C(C)NC(C)c2cccs2)c(F)c1. The van der Waals surface area contributed by atoms with E-state index in [-0.39, 0.29) is 17.9 Å². The topological polar surface area (TPSA) is 21.3 Å². The predicted molar refractivity (Wildman–Crippen MR) is 77.2 cm³/mol. The second-order valence-corrected chi connectivity index (χ2v) is 5.49. The largest absolute Gasteiger partial charge is 0.497 e. The van der Waals surface area contributed by atoms with E-state index in [1.54, 1.807) is 23.5 Å². The van der Waals surface area contributed by atoms with E-state index in [0.29, 0.717) is 11.3 Å². The van der Waals surface area contributed by atoms with Crippen LogP contribution in [0.5, 0.6) is 5.75 Å². The summed E-state index contributed by atoms with van der Waals surface area (Å²) in [7, 11) is 1.54. The summed E-state index contributed by atoms with van der Waals surface area (Å²) in [6.45, 7) is 4.05. The van der Waals surface area contributed by atoms with Gasteiger partial charge in [0.05, 0.1) is 7.11 Å². The van der Waals surface area contributed by atoms with Gasteiger partial charge in [-0.3, -0.25) is 0 Å². The van der Waals surface area contributed by atoms with Gasteiger partial charge in [0.25, 0.3) is 0 Å². The lowest BCUT2D eigenvalue weighted by molar-refractivity contribution is 0.408. The molecular formula is C15H18FNOS. The molecule has 0 saturated carbocycles. The molecule has 2 nitrogen and oxygen atoms in total. The van der Waals surface area contributed by atoms with Crippen molar-refractivity contribution in [1.29, 1.82) is 0 Å². The molecule has 0 aliphatic heterocycles. The smallest absolute Gasteiger partial charge is 0.131 e. The first-order chi connectivity index (χ1) is 9.11. The Bertz CT molecular complexity index is 527. The van der Waals surface area contributed by atoms with Gasteiger partial charge in [-0.25, -0.2) is 4.39 Å². The van der Waals surface area contributed by atoms with Crippen molar-refractivity contribution in [2.45, 2.75) is 25.9 Å². The van der Waals surface area contributed by atoms with E-state index in [1.165, 1.54) is 18.1 Å². The van der Waals surface area contributed by atoms with Gasteiger partial charge >= 0.3 is 0 Å². The molecule has 1 aromatic heterocycles. The highest BCUT2D eigenvalue weighted by atomic mass is 32.1. The molecule has 2 rings (SSSR count). The van der Waals surface area contributed by atoms with Crippen LogP contribution in [0.2, 0.25) is 0 Å². The fraction of sp³-hybridized carbons (Fsp3) is 0.333. The van der Waals surface area contributed by atoms with Gasteiger partial charge in [0.1, 0.15) is 11.6 Å². The molecule has 0 spiro atoms. The summed E-state index contributed by atoms with van der Waals surface area (Å²) in [6.07, 6.45) is 0. The highest BCUT2D eigenvalue weighted by molar-refractivity contribution is 7.10. The highest BCUT2D eigenvalue weighted by Gasteiger charge is 2.15. The summed E-state index contributed by atoms with van der Waals surface area (Å²) < 4.78 is 19.0. The van der Waals surface area contributed by atoms with Crippen LogP contribution in [0.1, 0.15) is 36.4 Å². The lowest BCUT2D eigenvalue weighted by Crippen LogP contribution is -2.22. The summed E-state index contributed by atoms with van der Waals surface area (Å²) in [6, 6.07) is 9.23. The minimum absolute atomic E-state index is 0.0528. The molecule has 0 fully saturated rings. The number of thiophene rings is 1. The number of hydrogen-bond donors (Lipinski definition) is 1. The van der Waals surface area contributed by atoms with Gasteiger partial charge in [0.15, 0.2) is 0 Å². The number of benzene rings is 1. The average Bonchev–Trinajstić information content (AvgIpc) is 2.92. The summed E-state index contributed by atoms with van der Waals surface area (Å²) in [4.78, 5) is 1.25. The molecule has 0 aliphatic carbocycles. The van der Waals surface area contributed by atoms with Crippen LogP contribution >= 0.6 is 11.3 Å². The molecule has 0 saturated heterocycles. The lowest BCUT2D eigenvalue weighted by Gasteiger charge is -2.20. The molecule has 4 heteroatoms. The van der Waals surface area contributed by atoms with Crippen LogP contribution in [0.4, 0.5) is 4.39 Å². The van der Waals surface area contributed by atoms with E-state index in [2.05, 4.69) is 18.3 Å². The molecular weight excluding hydrogens is 261 g/mol. The van der Waals surface area contributed by atoms with Gasteiger partial charge in [0.2, 0.25) is 0 Å².